The first-order chi connectivity index (χ1) is 15.2. The topological polar surface area (TPSA) is 58.8 Å². The van der Waals surface area contributed by atoms with Crippen molar-refractivity contribution in [2.24, 2.45) is 0 Å². The fourth-order valence-corrected chi connectivity index (χ4v) is 3.84. The van der Waals surface area contributed by atoms with Gasteiger partial charge in [-0.2, -0.15) is 0 Å². The molecule has 162 valence electrons. The summed E-state index contributed by atoms with van der Waals surface area (Å²) < 4.78 is 11.0. The van der Waals surface area contributed by atoms with Crippen LogP contribution in [0.5, 0.6) is 5.75 Å². The van der Waals surface area contributed by atoms with Crippen LogP contribution in [0.1, 0.15) is 17.9 Å². The summed E-state index contributed by atoms with van der Waals surface area (Å²) in [6.07, 6.45) is 3.71. The molecule has 2 heterocycles. The standard InChI is InChI=1S/C25H29N3O3/c1-30-22-9-7-21(8-10-22)23-19-26-24(31-23)11-12-25(29)28-17-15-27(16-18-28)14-13-20-5-3-2-4-6-20/h2-10,19H,11-18H2,1H3. The first kappa shape index (κ1) is 21.1. The predicted octanol–water partition coefficient (Wildman–Crippen LogP) is 3.67. The number of aryl methyl sites for hydroxylation is 1. The van der Waals surface area contributed by atoms with E-state index in [1.807, 2.05) is 35.2 Å². The van der Waals surface area contributed by atoms with Crippen molar-refractivity contribution in [3.8, 4) is 17.1 Å². The minimum Gasteiger partial charge on any atom is -0.497 e. The van der Waals surface area contributed by atoms with Gasteiger partial charge in [0.15, 0.2) is 11.7 Å². The summed E-state index contributed by atoms with van der Waals surface area (Å²) in [4.78, 5) is 21.4. The Kier molecular flexibility index (Phi) is 6.99. The number of hydrogen-bond donors (Lipinski definition) is 0. The minimum absolute atomic E-state index is 0.173. The van der Waals surface area contributed by atoms with Crippen LogP contribution in [-0.4, -0.2) is 60.5 Å². The third-order valence-corrected chi connectivity index (χ3v) is 5.77. The number of benzene rings is 2. The number of oxazole rings is 1. The Labute approximate surface area is 183 Å². The Bertz CT molecular complexity index is 961. The van der Waals surface area contributed by atoms with Gasteiger partial charge in [-0.25, -0.2) is 4.98 Å². The van der Waals surface area contributed by atoms with Gasteiger partial charge in [0.25, 0.3) is 0 Å². The lowest BCUT2D eigenvalue weighted by Gasteiger charge is -2.34. The average Bonchev–Trinajstić information content (AvgIpc) is 3.31. The van der Waals surface area contributed by atoms with Gasteiger partial charge in [-0.1, -0.05) is 30.3 Å². The molecule has 1 aliphatic rings. The van der Waals surface area contributed by atoms with Crippen LogP contribution in [0.2, 0.25) is 0 Å². The van der Waals surface area contributed by atoms with E-state index in [0.717, 1.165) is 50.5 Å². The number of amides is 1. The molecule has 6 heteroatoms. The normalized spacial score (nSPS) is 14.5. The SMILES string of the molecule is COc1ccc(-c2cnc(CCC(=O)N3CCN(CCc4ccccc4)CC3)o2)cc1. The Morgan fingerprint density at radius 1 is 1.00 bits per heavy atom. The quantitative estimate of drug-likeness (QED) is 0.558. The van der Waals surface area contributed by atoms with E-state index in [1.54, 1.807) is 13.3 Å². The Morgan fingerprint density at radius 2 is 1.74 bits per heavy atom. The van der Waals surface area contributed by atoms with Gasteiger partial charge in [0.05, 0.1) is 13.3 Å². The first-order valence-electron chi connectivity index (χ1n) is 10.8. The molecule has 0 atom stereocenters. The molecule has 1 amide bonds. The number of carbonyl (C=O) groups excluding carboxylic acids is 1. The molecule has 31 heavy (non-hydrogen) atoms. The van der Waals surface area contributed by atoms with E-state index in [1.165, 1.54) is 5.56 Å². The van der Waals surface area contributed by atoms with E-state index in [4.69, 9.17) is 9.15 Å². The van der Waals surface area contributed by atoms with Gasteiger partial charge in [0, 0.05) is 51.1 Å². The van der Waals surface area contributed by atoms with Gasteiger partial charge in [0.2, 0.25) is 5.91 Å². The number of carbonyl (C=O) groups is 1. The highest BCUT2D eigenvalue weighted by atomic mass is 16.5. The second-order valence-electron chi connectivity index (χ2n) is 7.80. The van der Waals surface area contributed by atoms with E-state index in [9.17, 15) is 4.79 Å². The van der Waals surface area contributed by atoms with E-state index in [-0.39, 0.29) is 5.91 Å². The van der Waals surface area contributed by atoms with Crippen molar-refractivity contribution in [2.75, 3.05) is 39.8 Å². The smallest absolute Gasteiger partial charge is 0.223 e. The molecule has 0 saturated carbocycles. The Morgan fingerprint density at radius 3 is 2.45 bits per heavy atom. The highest BCUT2D eigenvalue weighted by Gasteiger charge is 2.21. The summed E-state index contributed by atoms with van der Waals surface area (Å²) in [7, 11) is 1.64. The molecule has 0 unspecified atom stereocenters. The molecular formula is C25H29N3O3. The van der Waals surface area contributed by atoms with Crippen LogP contribution in [0.4, 0.5) is 0 Å². The lowest BCUT2D eigenvalue weighted by Crippen LogP contribution is -2.49. The lowest BCUT2D eigenvalue weighted by atomic mass is 10.1. The summed E-state index contributed by atoms with van der Waals surface area (Å²) in [5.41, 5.74) is 2.30. The Balaban J connectivity index is 1.20. The van der Waals surface area contributed by atoms with Crippen molar-refractivity contribution < 1.29 is 13.9 Å². The maximum atomic E-state index is 12.6. The van der Waals surface area contributed by atoms with Crippen molar-refractivity contribution >= 4 is 5.91 Å². The molecule has 1 aromatic heterocycles. The molecule has 0 radical (unpaired) electrons. The van der Waals surface area contributed by atoms with Gasteiger partial charge in [-0.3, -0.25) is 9.69 Å². The molecule has 6 nitrogen and oxygen atoms in total. The van der Waals surface area contributed by atoms with Crippen LogP contribution in [0.15, 0.2) is 65.2 Å². The molecule has 1 saturated heterocycles. The molecular weight excluding hydrogens is 390 g/mol. The van der Waals surface area contributed by atoms with E-state index < -0.39 is 0 Å². The lowest BCUT2D eigenvalue weighted by molar-refractivity contribution is -0.133. The van der Waals surface area contributed by atoms with Gasteiger partial charge < -0.3 is 14.1 Å². The monoisotopic (exact) mass is 419 g/mol. The van der Waals surface area contributed by atoms with E-state index in [0.29, 0.717) is 24.5 Å². The summed E-state index contributed by atoms with van der Waals surface area (Å²) in [5.74, 6) is 2.28. The van der Waals surface area contributed by atoms with Crippen LogP contribution in [0.3, 0.4) is 0 Å². The molecule has 0 aliphatic carbocycles. The van der Waals surface area contributed by atoms with Crippen LogP contribution in [0.25, 0.3) is 11.3 Å². The maximum absolute atomic E-state index is 12.6. The van der Waals surface area contributed by atoms with Crippen molar-refractivity contribution in [3.63, 3.8) is 0 Å². The van der Waals surface area contributed by atoms with Crippen LogP contribution in [0, 0.1) is 0 Å². The average molecular weight is 420 g/mol. The number of methoxy groups -OCH3 is 1. The number of piperazine rings is 1. The summed E-state index contributed by atoms with van der Waals surface area (Å²) >= 11 is 0. The maximum Gasteiger partial charge on any atom is 0.223 e. The van der Waals surface area contributed by atoms with Crippen LogP contribution < -0.4 is 4.74 Å². The zero-order valence-electron chi connectivity index (χ0n) is 18.0. The number of hydrogen-bond acceptors (Lipinski definition) is 5. The van der Waals surface area contributed by atoms with Crippen molar-refractivity contribution in [1.82, 2.24) is 14.8 Å². The first-order valence-corrected chi connectivity index (χ1v) is 10.8. The molecule has 1 fully saturated rings. The molecule has 3 aromatic rings. The number of rotatable bonds is 8. The molecule has 4 rings (SSSR count). The Hall–Kier alpha value is -3.12. The minimum atomic E-state index is 0.173. The second-order valence-corrected chi connectivity index (χ2v) is 7.80. The van der Waals surface area contributed by atoms with Gasteiger partial charge in [-0.15, -0.1) is 0 Å². The van der Waals surface area contributed by atoms with Gasteiger partial charge in [-0.05, 0) is 36.2 Å². The third kappa shape index (κ3) is 5.73. The highest BCUT2D eigenvalue weighted by molar-refractivity contribution is 5.76. The van der Waals surface area contributed by atoms with Crippen molar-refractivity contribution in [2.45, 2.75) is 19.3 Å². The zero-order chi connectivity index (χ0) is 21.5. The number of nitrogens with zero attached hydrogens (tertiary/aromatic N) is 3. The van der Waals surface area contributed by atoms with E-state index in [2.05, 4.69) is 34.1 Å². The summed E-state index contributed by atoms with van der Waals surface area (Å²) in [5, 5.41) is 0. The van der Waals surface area contributed by atoms with Crippen LogP contribution >= 0.6 is 0 Å². The van der Waals surface area contributed by atoms with Gasteiger partial charge in [0.1, 0.15) is 5.75 Å². The predicted molar refractivity (Wildman–Crippen MR) is 120 cm³/mol. The summed E-state index contributed by atoms with van der Waals surface area (Å²) in [6, 6.07) is 18.2. The van der Waals surface area contributed by atoms with Crippen molar-refractivity contribution in [3.05, 3.63) is 72.2 Å². The third-order valence-electron chi connectivity index (χ3n) is 5.77. The largest absolute Gasteiger partial charge is 0.497 e. The molecule has 1 aliphatic heterocycles. The fourth-order valence-electron chi connectivity index (χ4n) is 3.84. The molecule has 0 spiro atoms. The fraction of sp³-hybridized carbons (Fsp3) is 0.360. The molecule has 0 bridgehead atoms. The van der Waals surface area contributed by atoms with Gasteiger partial charge >= 0.3 is 0 Å². The summed E-state index contributed by atoms with van der Waals surface area (Å²) in [6.45, 7) is 4.47. The van der Waals surface area contributed by atoms with Crippen LogP contribution in [-0.2, 0) is 17.6 Å². The molecule has 2 aromatic carbocycles. The molecule has 0 N–H and O–H groups in total. The second kappa shape index (κ2) is 10.3. The number of ether oxygens (including phenoxy) is 1. The highest BCUT2D eigenvalue weighted by Crippen LogP contribution is 2.23. The van der Waals surface area contributed by atoms with Crippen molar-refractivity contribution in [1.29, 1.82) is 0 Å². The van der Waals surface area contributed by atoms with E-state index >= 15 is 0 Å². The number of aromatic nitrogens is 1. The zero-order valence-corrected chi connectivity index (χ0v) is 18.0.